The van der Waals surface area contributed by atoms with Crippen molar-refractivity contribution in [3.05, 3.63) is 0 Å². The summed E-state index contributed by atoms with van der Waals surface area (Å²) in [7, 11) is 8.29. The first kappa shape index (κ1) is 10.4. The van der Waals surface area contributed by atoms with Crippen LogP contribution >= 0.6 is 0 Å². The van der Waals surface area contributed by atoms with E-state index >= 15 is 0 Å². The van der Waals surface area contributed by atoms with Crippen LogP contribution in [0.3, 0.4) is 0 Å². The minimum Gasteiger partial charge on any atom is -0.381 e. The zero-order valence-electron chi connectivity index (χ0n) is 9.08. The molecule has 0 radical (unpaired) electrons. The molecule has 0 N–H and O–H groups in total. The second-order valence-corrected chi connectivity index (χ2v) is 3.97. The standard InChI is InChI=1S/C10H20N2O/c1-11(2)7-10(12(3)4)9-5-6-13-8-9/h7,9H,5-6,8H2,1-4H3/q+2. The number of hydrogen-bond acceptors (Lipinski definition) is 1. The van der Waals surface area contributed by atoms with Crippen molar-refractivity contribution in [1.82, 2.24) is 0 Å². The summed E-state index contributed by atoms with van der Waals surface area (Å²) >= 11 is 0. The van der Waals surface area contributed by atoms with E-state index in [0.29, 0.717) is 5.92 Å². The minimum absolute atomic E-state index is 0.581. The first-order chi connectivity index (χ1) is 6.11. The predicted octanol–water partition coefficient (Wildman–Crippen LogP) is 0.0789. The minimum atomic E-state index is 0.581. The molecule has 1 atom stereocenters. The summed E-state index contributed by atoms with van der Waals surface area (Å²) in [6.45, 7) is 1.78. The van der Waals surface area contributed by atoms with Crippen molar-refractivity contribution in [3.63, 3.8) is 0 Å². The molecule has 0 saturated carbocycles. The molecule has 0 spiro atoms. The second-order valence-electron chi connectivity index (χ2n) is 3.97. The van der Waals surface area contributed by atoms with Crippen LogP contribution in [0.2, 0.25) is 0 Å². The van der Waals surface area contributed by atoms with Gasteiger partial charge in [0.1, 0.15) is 28.2 Å². The largest absolute Gasteiger partial charge is 0.381 e. The smallest absolute Gasteiger partial charge is 0.244 e. The van der Waals surface area contributed by atoms with Gasteiger partial charge >= 0.3 is 0 Å². The van der Waals surface area contributed by atoms with Gasteiger partial charge in [-0.15, -0.1) is 0 Å². The topological polar surface area (TPSA) is 15.2 Å². The van der Waals surface area contributed by atoms with E-state index in [1.807, 2.05) is 0 Å². The second kappa shape index (κ2) is 4.51. The van der Waals surface area contributed by atoms with Gasteiger partial charge in [-0.1, -0.05) is 0 Å². The van der Waals surface area contributed by atoms with Crippen LogP contribution in [0.5, 0.6) is 0 Å². The number of nitrogens with zero attached hydrogens (tertiary/aromatic N) is 2. The maximum atomic E-state index is 5.38. The lowest BCUT2D eigenvalue weighted by Crippen LogP contribution is -2.28. The van der Waals surface area contributed by atoms with Crippen LogP contribution in [0, 0.1) is 5.92 Å². The van der Waals surface area contributed by atoms with Crippen molar-refractivity contribution in [2.45, 2.75) is 6.42 Å². The summed E-state index contributed by atoms with van der Waals surface area (Å²) in [5, 5.41) is 0. The fourth-order valence-corrected chi connectivity index (χ4v) is 1.62. The molecule has 0 aromatic carbocycles. The molecule has 1 fully saturated rings. The third-order valence-electron chi connectivity index (χ3n) is 2.25. The molecule has 0 aliphatic carbocycles. The monoisotopic (exact) mass is 184 g/mol. The van der Waals surface area contributed by atoms with E-state index < -0.39 is 0 Å². The van der Waals surface area contributed by atoms with E-state index in [1.165, 1.54) is 5.71 Å². The predicted molar refractivity (Wildman–Crippen MR) is 54.2 cm³/mol. The van der Waals surface area contributed by atoms with Crippen LogP contribution in [-0.4, -0.2) is 62.5 Å². The van der Waals surface area contributed by atoms with Gasteiger partial charge < -0.3 is 4.74 Å². The molecule has 0 aromatic heterocycles. The molecule has 0 amide bonds. The fraction of sp³-hybridized carbons (Fsp3) is 0.800. The maximum absolute atomic E-state index is 5.38. The van der Waals surface area contributed by atoms with Crippen molar-refractivity contribution in [1.29, 1.82) is 0 Å². The van der Waals surface area contributed by atoms with Crippen molar-refractivity contribution in [2.24, 2.45) is 5.92 Å². The Morgan fingerprint density at radius 2 is 2.00 bits per heavy atom. The molecule has 1 unspecified atom stereocenters. The molecular weight excluding hydrogens is 164 g/mol. The summed E-state index contributed by atoms with van der Waals surface area (Å²) in [6.07, 6.45) is 3.33. The maximum Gasteiger partial charge on any atom is 0.244 e. The molecular formula is C10H20N2O+2. The van der Waals surface area contributed by atoms with Crippen molar-refractivity contribution in [2.75, 3.05) is 41.4 Å². The Hall–Kier alpha value is -0.700. The quantitative estimate of drug-likeness (QED) is 0.438. The van der Waals surface area contributed by atoms with Gasteiger partial charge in [0.05, 0.1) is 12.5 Å². The van der Waals surface area contributed by atoms with Crippen molar-refractivity contribution >= 4 is 11.9 Å². The lowest BCUT2D eigenvalue weighted by Gasteiger charge is -2.02. The van der Waals surface area contributed by atoms with Crippen LogP contribution in [0.25, 0.3) is 0 Å². The van der Waals surface area contributed by atoms with Gasteiger partial charge in [-0.05, 0) is 6.42 Å². The van der Waals surface area contributed by atoms with Crippen LogP contribution in [0.15, 0.2) is 0 Å². The number of hydrogen-bond donors (Lipinski definition) is 0. The van der Waals surface area contributed by atoms with E-state index in [0.717, 1.165) is 19.6 Å². The summed E-state index contributed by atoms with van der Waals surface area (Å²) in [5.74, 6) is 0.581. The highest BCUT2D eigenvalue weighted by molar-refractivity contribution is 6.27. The zero-order chi connectivity index (χ0) is 9.84. The van der Waals surface area contributed by atoms with E-state index in [4.69, 9.17) is 4.74 Å². The molecule has 1 heterocycles. The molecule has 0 bridgehead atoms. The van der Waals surface area contributed by atoms with Gasteiger partial charge in [0.25, 0.3) is 0 Å². The number of ether oxygens (including phenoxy) is 1. The summed E-state index contributed by atoms with van der Waals surface area (Å²) < 4.78 is 9.65. The summed E-state index contributed by atoms with van der Waals surface area (Å²) in [4.78, 5) is 0. The SMILES string of the molecule is C[N+](C)=CC(C1CCOC1)=[N+](C)C. The Balaban J connectivity index is 2.80. The normalized spacial score (nSPS) is 21.4. The first-order valence-electron chi connectivity index (χ1n) is 4.74. The van der Waals surface area contributed by atoms with Gasteiger partial charge in [0, 0.05) is 6.61 Å². The van der Waals surface area contributed by atoms with Gasteiger partial charge in [0.2, 0.25) is 11.9 Å². The average Bonchev–Trinajstić information content (AvgIpc) is 2.50. The molecule has 1 rings (SSSR count). The molecule has 0 aromatic rings. The third-order valence-corrected chi connectivity index (χ3v) is 2.25. The molecule has 1 aliphatic heterocycles. The van der Waals surface area contributed by atoms with Crippen LogP contribution < -0.4 is 0 Å². The molecule has 13 heavy (non-hydrogen) atoms. The summed E-state index contributed by atoms with van der Waals surface area (Å²) in [5.41, 5.74) is 1.36. The van der Waals surface area contributed by atoms with E-state index in [2.05, 4.69) is 43.6 Å². The highest BCUT2D eigenvalue weighted by atomic mass is 16.5. The van der Waals surface area contributed by atoms with E-state index in [1.54, 1.807) is 0 Å². The lowest BCUT2D eigenvalue weighted by molar-refractivity contribution is -0.477. The molecule has 1 aliphatic rings. The van der Waals surface area contributed by atoms with Gasteiger partial charge in [-0.2, -0.15) is 0 Å². The zero-order valence-corrected chi connectivity index (χ0v) is 9.08. The van der Waals surface area contributed by atoms with Crippen LogP contribution in [0.1, 0.15) is 6.42 Å². The van der Waals surface area contributed by atoms with Gasteiger partial charge in [0.15, 0.2) is 0 Å². The van der Waals surface area contributed by atoms with Gasteiger partial charge in [-0.25, -0.2) is 9.15 Å². The highest BCUT2D eigenvalue weighted by Gasteiger charge is 2.27. The molecule has 74 valence electrons. The van der Waals surface area contributed by atoms with Crippen molar-refractivity contribution in [3.8, 4) is 0 Å². The summed E-state index contributed by atoms with van der Waals surface area (Å²) in [6, 6.07) is 0. The van der Waals surface area contributed by atoms with Crippen LogP contribution in [-0.2, 0) is 4.74 Å². The molecule has 3 heteroatoms. The fourth-order valence-electron chi connectivity index (χ4n) is 1.62. The molecule has 3 nitrogen and oxygen atoms in total. The Morgan fingerprint density at radius 3 is 2.38 bits per heavy atom. The molecule has 1 saturated heterocycles. The average molecular weight is 184 g/mol. The van der Waals surface area contributed by atoms with Crippen molar-refractivity contribution < 1.29 is 13.9 Å². The van der Waals surface area contributed by atoms with E-state index in [9.17, 15) is 0 Å². The lowest BCUT2D eigenvalue weighted by atomic mass is 10.0. The first-order valence-corrected chi connectivity index (χ1v) is 4.74. The highest BCUT2D eigenvalue weighted by Crippen LogP contribution is 2.12. The van der Waals surface area contributed by atoms with Gasteiger partial charge in [-0.3, -0.25) is 0 Å². The Labute approximate surface area is 80.3 Å². The Morgan fingerprint density at radius 1 is 1.31 bits per heavy atom. The Kier molecular flexibility index (Phi) is 3.60. The number of rotatable bonds is 2. The van der Waals surface area contributed by atoms with Crippen LogP contribution in [0.4, 0.5) is 0 Å². The van der Waals surface area contributed by atoms with E-state index in [-0.39, 0.29) is 0 Å². The Bertz CT molecular complexity index is 229. The third kappa shape index (κ3) is 2.92.